The molecule has 222 valence electrons. The quantitative estimate of drug-likeness (QED) is 0.512. The standard InChI is InChI=1S/C32H43Cl2N5O2/c1-31(2,3)20-26-32(35,23-9-11-24(33)12-10-23)28(22-7-6-8-25(34)19-22)29(36-26)30(41)39-17-15-37(16-18-39)21-27(40)38-13-4-5-14-38/h6-12,19,26,28-29,36H,4-5,13-18,20-21,35H2,1-3H3/t26-,28-,29+,32+/m0/s1. The van der Waals surface area contributed by atoms with E-state index in [2.05, 4.69) is 31.0 Å². The van der Waals surface area contributed by atoms with Crippen LogP contribution in [0.2, 0.25) is 10.0 Å². The van der Waals surface area contributed by atoms with Crippen molar-refractivity contribution in [2.45, 2.75) is 63.6 Å². The molecule has 4 atom stereocenters. The van der Waals surface area contributed by atoms with Crippen LogP contribution in [-0.4, -0.2) is 84.4 Å². The molecule has 2 aromatic carbocycles. The Morgan fingerprint density at radius 3 is 2.20 bits per heavy atom. The summed E-state index contributed by atoms with van der Waals surface area (Å²) in [6.45, 7) is 11.2. The number of amides is 2. The zero-order chi connectivity index (χ0) is 29.4. The molecule has 0 radical (unpaired) electrons. The molecule has 3 heterocycles. The molecule has 0 unspecified atom stereocenters. The molecular weight excluding hydrogens is 557 g/mol. The second kappa shape index (κ2) is 12.2. The lowest BCUT2D eigenvalue weighted by molar-refractivity contribution is -0.136. The SMILES string of the molecule is CC(C)(C)C[C@@H]1N[C@@H](C(=O)N2CCN(CC(=O)N3CCCC3)CC2)[C@H](c2cccc(Cl)c2)[C@@]1(N)c1ccc(Cl)cc1. The zero-order valence-corrected chi connectivity index (χ0v) is 25.9. The Labute approximate surface area is 254 Å². The average Bonchev–Trinajstić information content (AvgIpc) is 3.56. The highest BCUT2D eigenvalue weighted by Crippen LogP contribution is 2.48. The van der Waals surface area contributed by atoms with Crippen molar-refractivity contribution in [1.29, 1.82) is 0 Å². The molecule has 3 saturated heterocycles. The van der Waals surface area contributed by atoms with E-state index in [-0.39, 0.29) is 29.2 Å². The maximum absolute atomic E-state index is 14.4. The fourth-order valence-electron chi connectivity index (χ4n) is 6.87. The van der Waals surface area contributed by atoms with Crippen LogP contribution in [0.15, 0.2) is 48.5 Å². The molecule has 0 spiro atoms. The van der Waals surface area contributed by atoms with E-state index in [1.807, 2.05) is 58.3 Å². The largest absolute Gasteiger partial charge is 0.342 e. The summed E-state index contributed by atoms with van der Waals surface area (Å²) in [4.78, 5) is 33.1. The van der Waals surface area contributed by atoms with Gasteiger partial charge in [0.25, 0.3) is 0 Å². The number of benzene rings is 2. The lowest BCUT2D eigenvalue weighted by atomic mass is 9.68. The summed E-state index contributed by atoms with van der Waals surface area (Å²) < 4.78 is 0. The lowest BCUT2D eigenvalue weighted by Crippen LogP contribution is -2.55. The van der Waals surface area contributed by atoms with Crippen molar-refractivity contribution in [2.24, 2.45) is 11.1 Å². The zero-order valence-electron chi connectivity index (χ0n) is 24.4. The Kier molecular flexibility index (Phi) is 9.03. The minimum Gasteiger partial charge on any atom is -0.342 e. The minimum atomic E-state index is -0.882. The number of nitrogens with two attached hydrogens (primary N) is 1. The molecule has 3 N–H and O–H groups in total. The molecule has 41 heavy (non-hydrogen) atoms. The second-order valence-electron chi connectivity index (χ2n) is 13.1. The van der Waals surface area contributed by atoms with E-state index in [1.165, 1.54) is 0 Å². The van der Waals surface area contributed by atoms with Crippen molar-refractivity contribution >= 4 is 35.0 Å². The normalized spacial score (nSPS) is 27.4. The van der Waals surface area contributed by atoms with Gasteiger partial charge in [0.05, 0.1) is 18.1 Å². The van der Waals surface area contributed by atoms with Crippen LogP contribution in [0.3, 0.4) is 0 Å². The number of piperazine rings is 1. The minimum absolute atomic E-state index is 0.0287. The van der Waals surface area contributed by atoms with Gasteiger partial charge in [0.2, 0.25) is 11.8 Å². The highest BCUT2D eigenvalue weighted by molar-refractivity contribution is 6.30. The van der Waals surface area contributed by atoms with Gasteiger partial charge >= 0.3 is 0 Å². The first kappa shape index (κ1) is 30.3. The number of likely N-dealkylation sites (tertiary alicyclic amines) is 1. The molecule has 2 amide bonds. The van der Waals surface area contributed by atoms with Crippen molar-refractivity contribution in [3.05, 3.63) is 69.7 Å². The number of nitrogens with one attached hydrogen (secondary N) is 1. The summed E-state index contributed by atoms with van der Waals surface area (Å²) in [5, 5.41) is 4.99. The maximum atomic E-state index is 14.4. The number of rotatable bonds is 6. The van der Waals surface area contributed by atoms with Crippen LogP contribution in [-0.2, 0) is 15.1 Å². The highest BCUT2D eigenvalue weighted by atomic mass is 35.5. The van der Waals surface area contributed by atoms with Gasteiger partial charge in [-0.2, -0.15) is 0 Å². The summed E-state index contributed by atoms with van der Waals surface area (Å²) in [7, 11) is 0. The van der Waals surface area contributed by atoms with E-state index >= 15 is 0 Å². The second-order valence-corrected chi connectivity index (χ2v) is 14.0. The Hall–Kier alpha value is -2.16. The van der Waals surface area contributed by atoms with E-state index in [0.29, 0.717) is 42.8 Å². The van der Waals surface area contributed by atoms with Gasteiger partial charge in [0, 0.05) is 61.3 Å². The van der Waals surface area contributed by atoms with E-state index in [1.54, 1.807) is 0 Å². The monoisotopic (exact) mass is 599 g/mol. The molecule has 2 aromatic rings. The fourth-order valence-corrected chi connectivity index (χ4v) is 7.19. The first-order valence-electron chi connectivity index (χ1n) is 14.8. The molecule has 7 nitrogen and oxygen atoms in total. The summed E-state index contributed by atoms with van der Waals surface area (Å²) in [5.74, 6) is -0.112. The summed E-state index contributed by atoms with van der Waals surface area (Å²) in [6, 6.07) is 14.7. The van der Waals surface area contributed by atoms with Gasteiger partial charge in [0.15, 0.2) is 0 Å². The maximum Gasteiger partial charge on any atom is 0.240 e. The number of carbonyl (C=O) groups is 2. The van der Waals surface area contributed by atoms with Crippen molar-refractivity contribution < 1.29 is 9.59 Å². The van der Waals surface area contributed by atoms with Gasteiger partial charge in [0.1, 0.15) is 0 Å². The third-order valence-electron chi connectivity index (χ3n) is 8.94. The Morgan fingerprint density at radius 1 is 0.927 bits per heavy atom. The average molecular weight is 601 g/mol. The molecule has 5 rings (SSSR count). The molecule has 0 bridgehead atoms. The molecule has 3 aliphatic rings. The van der Waals surface area contributed by atoms with Crippen molar-refractivity contribution in [3.8, 4) is 0 Å². The highest BCUT2D eigenvalue weighted by Gasteiger charge is 2.57. The van der Waals surface area contributed by atoms with Gasteiger partial charge in [-0.1, -0.05) is 68.2 Å². The van der Waals surface area contributed by atoms with E-state index in [0.717, 1.165) is 43.5 Å². The van der Waals surface area contributed by atoms with Gasteiger partial charge in [-0.25, -0.2) is 0 Å². The topological polar surface area (TPSA) is 81.9 Å². The van der Waals surface area contributed by atoms with Gasteiger partial charge in [-0.15, -0.1) is 0 Å². The molecule has 0 saturated carbocycles. The number of carbonyl (C=O) groups excluding carboxylic acids is 2. The van der Waals surface area contributed by atoms with Crippen LogP contribution in [0.25, 0.3) is 0 Å². The van der Waals surface area contributed by atoms with Gasteiger partial charge in [-0.3, -0.25) is 14.5 Å². The van der Waals surface area contributed by atoms with Crippen molar-refractivity contribution in [2.75, 3.05) is 45.8 Å². The van der Waals surface area contributed by atoms with Gasteiger partial charge < -0.3 is 20.9 Å². The molecular formula is C32H43Cl2N5O2. The van der Waals surface area contributed by atoms with Crippen molar-refractivity contribution in [1.82, 2.24) is 20.0 Å². The van der Waals surface area contributed by atoms with E-state index in [4.69, 9.17) is 28.9 Å². The molecule has 0 aliphatic carbocycles. The predicted molar refractivity (Wildman–Crippen MR) is 165 cm³/mol. The predicted octanol–water partition coefficient (Wildman–Crippen LogP) is 4.47. The smallest absolute Gasteiger partial charge is 0.240 e. The van der Waals surface area contributed by atoms with Crippen LogP contribution >= 0.6 is 23.2 Å². The first-order valence-corrected chi connectivity index (χ1v) is 15.6. The Bertz CT molecular complexity index is 1240. The number of nitrogens with zero attached hydrogens (tertiary/aromatic N) is 3. The molecule has 3 fully saturated rings. The van der Waals surface area contributed by atoms with Crippen LogP contribution in [0, 0.1) is 5.41 Å². The number of hydrogen-bond acceptors (Lipinski definition) is 5. The van der Waals surface area contributed by atoms with Crippen molar-refractivity contribution in [3.63, 3.8) is 0 Å². The molecule has 9 heteroatoms. The summed E-state index contributed by atoms with van der Waals surface area (Å²) >= 11 is 12.8. The number of hydrogen-bond donors (Lipinski definition) is 2. The third-order valence-corrected chi connectivity index (χ3v) is 9.43. The van der Waals surface area contributed by atoms with Crippen LogP contribution in [0.4, 0.5) is 0 Å². The lowest BCUT2D eigenvalue weighted by Gasteiger charge is -2.40. The van der Waals surface area contributed by atoms with E-state index in [9.17, 15) is 9.59 Å². The molecule has 3 aliphatic heterocycles. The van der Waals surface area contributed by atoms with E-state index < -0.39 is 11.6 Å². The fraction of sp³-hybridized carbons (Fsp3) is 0.562. The first-order chi connectivity index (χ1) is 19.5. The summed E-state index contributed by atoms with van der Waals surface area (Å²) in [5.41, 5.74) is 8.50. The van der Waals surface area contributed by atoms with Crippen LogP contribution < -0.4 is 11.1 Å². The Morgan fingerprint density at radius 2 is 1.59 bits per heavy atom. The number of halogens is 2. The molecule has 0 aromatic heterocycles. The summed E-state index contributed by atoms with van der Waals surface area (Å²) in [6.07, 6.45) is 2.95. The van der Waals surface area contributed by atoms with Crippen LogP contribution in [0.1, 0.15) is 57.1 Å². The third kappa shape index (κ3) is 6.60. The van der Waals surface area contributed by atoms with Crippen LogP contribution in [0.5, 0.6) is 0 Å². The Balaban J connectivity index is 1.42. The van der Waals surface area contributed by atoms with Gasteiger partial charge in [-0.05, 0) is 60.1 Å².